The number of ether oxygens (including phenoxy) is 1. The number of likely N-dealkylation sites (tertiary alicyclic amines) is 1. The predicted molar refractivity (Wildman–Crippen MR) is 79.5 cm³/mol. The van der Waals surface area contributed by atoms with Gasteiger partial charge in [0.25, 0.3) is 0 Å². The summed E-state index contributed by atoms with van der Waals surface area (Å²) in [4.78, 5) is 2.43. The minimum atomic E-state index is 0.916. The standard InChI is InChI=1S/C16H26N2O/c1-18-11-8-14(9-12-18)7-10-17-13-15-3-5-16(19-2)6-4-15/h3-6,14,17H,7-13H2,1-2H3. The minimum absolute atomic E-state index is 0.916. The number of nitrogens with one attached hydrogen (secondary N) is 1. The highest BCUT2D eigenvalue weighted by Crippen LogP contribution is 2.18. The summed E-state index contributed by atoms with van der Waals surface area (Å²) in [6, 6.07) is 8.30. The minimum Gasteiger partial charge on any atom is -0.497 e. The van der Waals surface area contributed by atoms with Crippen LogP contribution in [0.25, 0.3) is 0 Å². The SMILES string of the molecule is COc1ccc(CNCCC2CCN(C)CC2)cc1. The van der Waals surface area contributed by atoms with Gasteiger partial charge in [0.05, 0.1) is 7.11 Å². The molecule has 1 aliphatic rings. The van der Waals surface area contributed by atoms with E-state index in [1.54, 1.807) is 7.11 Å². The first kappa shape index (κ1) is 14.4. The maximum Gasteiger partial charge on any atom is 0.118 e. The summed E-state index contributed by atoms with van der Waals surface area (Å²) >= 11 is 0. The van der Waals surface area contributed by atoms with Gasteiger partial charge in [-0.1, -0.05) is 12.1 Å². The van der Waals surface area contributed by atoms with Crippen LogP contribution < -0.4 is 10.1 Å². The van der Waals surface area contributed by atoms with Gasteiger partial charge < -0.3 is 15.0 Å². The molecule has 0 aromatic heterocycles. The average molecular weight is 262 g/mol. The topological polar surface area (TPSA) is 24.5 Å². The van der Waals surface area contributed by atoms with Crippen molar-refractivity contribution >= 4 is 0 Å². The van der Waals surface area contributed by atoms with Gasteiger partial charge in [-0.15, -0.1) is 0 Å². The van der Waals surface area contributed by atoms with Crippen molar-refractivity contribution in [2.75, 3.05) is 33.8 Å². The summed E-state index contributed by atoms with van der Waals surface area (Å²) in [6.45, 7) is 4.61. The van der Waals surface area contributed by atoms with E-state index in [1.807, 2.05) is 12.1 Å². The van der Waals surface area contributed by atoms with E-state index in [1.165, 1.54) is 37.9 Å². The van der Waals surface area contributed by atoms with Gasteiger partial charge in [0, 0.05) is 6.54 Å². The molecule has 0 spiro atoms. The highest BCUT2D eigenvalue weighted by molar-refractivity contribution is 5.26. The fourth-order valence-corrected chi connectivity index (χ4v) is 2.63. The fourth-order valence-electron chi connectivity index (χ4n) is 2.63. The van der Waals surface area contributed by atoms with Crippen LogP contribution >= 0.6 is 0 Å². The highest BCUT2D eigenvalue weighted by atomic mass is 16.5. The lowest BCUT2D eigenvalue weighted by atomic mass is 9.94. The van der Waals surface area contributed by atoms with E-state index >= 15 is 0 Å². The van der Waals surface area contributed by atoms with Crippen molar-refractivity contribution in [3.05, 3.63) is 29.8 Å². The van der Waals surface area contributed by atoms with Crippen LogP contribution in [0.1, 0.15) is 24.8 Å². The zero-order chi connectivity index (χ0) is 13.5. The molecule has 0 saturated carbocycles. The van der Waals surface area contributed by atoms with Gasteiger partial charge in [0.15, 0.2) is 0 Å². The van der Waals surface area contributed by atoms with E-state index in [2.05, 4.69) is 29.4 Å². The number of hydrogen-bond acceptors (Lipinski definition) is 3. The Kier molecular flexibility index (Phi) is 5.67. The van der Waals surface area contributed by atoms with E-state index < -0.39 is 0 Å². The van der Waals surface area contributed by atoms with Gasteiger partial charge in [0.2, 0.25) is 0 Å². The highest BCUT2D eigenvalue weighted by Gasteiger charge is 2.15. The van der Waals surface area contributed by atoms with Crippen LogP contribution in [0.5, 0.6) is 5.75 Å². The Hall–Kier alpha value is -1.06. The molecule has 1 aromatic rings. The molecule has 106 valence electrons. The van der Waals surface area contributed by atoms with Crippen molar-refractivity contribution in [1.82, 2.24) is 10.2 Å². The number of hydrogen-bond donors (Lipinski definition) is 1. The Balaban J connectivity index is 1.61. The zero-order valence-electron chi connectivity index (χ0n) is 12.2. The van der Waals surface area contributed by atoms with E-state index in [0.717, 1.165) is 24.8 Å². The number of nitrogens with zero attached hydrogens (tertiary/aromatic N) is 1. The van der Waals surface area contributed by atoms with Crippen molar-refractivity contribution in [3.63, 3.8) is 0 Å². The van der Waals surface area contributed by atoms with Crippen molar-refractivity contribution in [2.45, 2.75) is 25.8 Å². The summed E-state index contributed by atoms with van der Waals surface area (Å²) < 4.78 is 5.16. The molecule has 0 amide bonds. The van der Waals surface area contributed by atoms with Gasteiger partial charge in [-0.25, -0.2) is 0 Å². The molecule has 1 heterocycles. The van der Waals surface area contributed by atoms with Gasteiger partial charge in [-0.05, 0) is 69.6 Å². The molecule has 0 atom stereocenters. The van der Waals surface area contributed by atoms with Gasteiger partial charge in [-0.2, -0.15) is 0 Å². The third-order valence-electron chi connectivity index (χ3n) is 4.06. The molecule has 1 N–H and O–H groups in total. The molecule has 1 saturated heterocycles. The first-order valence-corrected chi connectivity index (χ1v) is 7.30. The molecule has 0 bridgehead atoms. The molecular formula is C16H26N2O. The summed E-state index contributed by atoms with van der Waals surface area (Å²) in [7, 11) is 3.92. The van der Waals surface area contributed by atoms with Crippen molar-refractivity contribution < 1.29 is 4.74 Å². The summed E-state index contributed by atoms with van der Waals surface area (Å²) in [5.74, 6) is 1.84. The Morgan fingerprint density at radius 3 is 2.53 bits per heavy atom. The maximum atomic E-state index is 5.16. The molecule has 0 radical (unpaired) electrons. The molecule has 2 rings (SSSR count). The maximum absolute atomic E-state index is 5.16. The molecule has 3 heteroatoms. The molecule has 1 fully saturated rings. The molecule has 3 nitrogen and oxygen atoms in total. The van der Waals surface area contributed by atoms with Gasteiger partial charge >= 0.3 is 0 Å². The van der Waals surface area contributed by atoms with Crippen LogP contribution in [-0.2, 0) is 6.54 Å². The van der Waals surface area contributed by atoms with Gasteiger partial charge in [0.1, 0.15) is 5.75 Å². The van der Waals surface area contributed by atoms with Crippen molar-refractivity contribution in [1.29, 1.82) is 0 Å². The lowest BCUT2D eigenvalue weighted by Gasteiger charge is -2.28. The van der Waals surface area contributed by atoms with Crippen LogP contribution in [0.15, 0.2) is 24.3 Å². The lowest BCUT2D eigenvalue weighted by molar-refractivity contribution is 0.211. The van der Waals surface area contributed by atoms with E-state index in [9.17, 15) is 0 Å². The molecule has 1 aromatic carbocycles. The predicted octanol–water partition coefficient (Wildman–Crippen LogP) is 2.52. The van der Waals surface area contributed by atoms with E-state index in [4.69, 9.17) is 4.74 Å². The normalized spacial score (nSPS) is 17.6. The second-order valence-electron chi connectivity index (χ2n) is 5.56. The molecule has 19 heavy (non-hydrogen) atoms. The van der Waals surface area contributed by atoms with Crippen LogP contribution in [-0.4, -0.2) is 38.7 Å². The Morgan fingerprint density at radius 2 is 1.89 bits per heavy atom. The van der Waals surface area contributed by atoms with Crippen LogP contribution in [0.4, 0.5) is 0 Å². The molecular weight excluding hydrogens is 236 g/mol. The number of methoxy groups -OCH3 is 1. The largest absolute Gasteiger partial charge is 0.497 e. The number of benzene rings is 1. The van der Waals surface area contributed by atoms with Crippen molar-refractivity contribution in [3.8, 4) is 5.75 Å². The monoisotopic (exact) mass is 262 g/mol. The second kappa shape index (κ2) is 7.51. The quantitative estimate of drug-likeness (QED) is 0.797. The second-order valence-corrected chi connectivity index (χ2v) is 5.56. The zero-order valence-corrected chi connectivity index (χ0v) is 12.2. The van der Waals surface area contributed by atoms with E-state index in [-0.39, 0.29) is 0 Å². The summed E-state index contributed by atoms with van der Waals surface area (Å²) in [5.41, 5.74) is 1.32. The van der Waals surface area contributed by atoms with Crippen LogP contribution in [0, 0.1) is 5.92 Å². The Bertz CT molecular complexity index is 356. The molecule has 0 aliphatic carbocycles. The lowest BCUT2D eigenvalue weighted by Crippen LogP contribution is -2.31. The smallest absolute Gasteiger partial charge is 0.118 e. The summed E-state index contributed by atoms with van der Waals surface area (Å²) in [6.07, 6.45) is 4.03. The van der Waals surface area contributed by atoms with Gasteiger partial charge in [-0.3, -0.25) is 0 Å². The van der Waals surface area contributed by atoms with Crippen LogP contribution in [0.2, 0.25) is 0 Å². The summed E-state index contributed by atoms with van der Waals surface area (Å²) in [5, 5.41) is 3.54. The molecule has 1 aliphatic heterocycles. The number of rotatable bonds is 6. The molecule has 0 unspecified atom stereocenters. The first-order chi connectivity index (χ1) is 9.28. The van der Waals surface area contributed by atoms with Crippen LogP contribution in [0.3, 0.4) is 0 Å². The third kappa shape index (κ3) is 4.84. The average Bonchev–Trinajstić information content (AvgIpc) is 2.46. The Labute approximate surface area is 116 Å². The first-order valence-electron chi connectivity index (χ1n) is 7.30. The van der Waals surface area contributed by atoms with Crippen molar-refractivity contribution in [2.24, 2.45) is 5.92 Å². The fraction of sp³-hybridized carbons (Fsp3) is 0.625. The Morgan fingerprint density at radius 1 is 1.21 bits per heavy atom. The number of piperidine rings is 1. The van der Waals surface area contributed by atoms with E-state index in [0.29, 0.717) is 0 Å². The third-order valence-corrected chi connectivity index (χ3v) is 4.06.